The molecule has 0 bridgehead atoms. The van der Waals surface area contributed by atoms with Gasteiger partial charge in [-0.15, -0.1) is 0 Å². The molecule has 2 aromatic rings. The van der Waals surface area contributed by atoms with E-state index in [1.807, 2.05) is 6.07 Å². The van der Waals surface area contributed by atoms with E-state index in [1.54, 1.807) is 36.4 Å². The van der Waals surface area contributed by atoms with E-state index in [0.717, 1.165) is 0 Å². The molecular formula is C22H22O7. The normalized spacial score (nSPS) is 11.6. The lowest BCUT2D eigenvalue weighted by Crippen LogP contribution is -2.13. The fourth-order valence-electron chi connectivity index (χ4n) is 2.68. The molecule has 0 amide bonds. The minimum Gasteiger partial charge on any atom is -0.493 e. The summed E-state index contributed by atoms with van der Waals surface area (Å²) in [5.41, 5.74) is 0.764. The quantitative estimate of drug-likeness (QED) is 0.414. The standard InChI is InChI=1S/C22H22O7/c1-26-18-12-15(13-19(27-2)20(18)28-3)11-16(21(23)24)17(22(25)29-4)10-14-8-6-5-7-9-14/h5-13H,1-4H3,(H,23,24)/b16-11-,17-10+. The summed E-state index contributed by atoms with van der Waals surface area (Å²) in [7, 11) is 5.58. The summed E-state index contributed by atoms with van der Waals surface area (Å²) >= 11 is 0. The highest BCUT2D eigenvalue weighted by Crippen LogP contribution is 2.39. The third kappa shape index (κ3) is 5.16. The molecule has 0 atom stereocenters. The van der Waals surface area contributed by atoms with Crippen LogP contribution < -0.4 is 14.2 Å². The van der Waals surface area contributed by atoms with Crippen LogP contribution in [0.15, 0.2) is 53.6 Å². The zero-order chi connectivity index (χ0) is 21.4. The number of hydrogen-bond acceptors (Lipinski definition) is 6. The molecule has 0 aromatic heterocycles. The molecule has 0 aliphatic carbocycles. The molecule has 0 aliphatic heterocycles. The van der Waals surface area contributed by atoms with E-state index in [-0.39, 0.29) is 11.1 Å². The Bertz CT molecular complexity index is 918. The van der Waals surface area contributed by atoms with Gasteiger partial charge in [0.1, 0.15) is 0 Å². The maximum atomic E-state index is 12.3. The maximum Gasteiger partial charge on any atom is 0.338 e. The van der Waals surface area contributed by atoms with Gasteiger partial charge in [0.2, 0.25) is 5.75 Å². The Morgan fingerprint density at radius 1 is 0.793 bits per heavy atom. The van der Waals surface area contributed by atoms with E-state index < -0.39 is 11.9 Å². The number of benzene rings is 2. The number of methoxy groups -OCH3 is 4. The van der Waals surface area contributed by atoms with Crippen molar-refractivity contribution in [2.75, 3.05) is 28.4 Å². The summed E-state index contributed by atoms with van der Waals surface area (Å²) < 4.78 is 20.7. The lowest BCUT2D eigenvalue weighted by Gasteiger charge is -2.13. The highest BCUT2D eigenvalue weighted by molar-refractivity contribution is 6.12. The molecule has 29 heavy (non-hydrogen) atoms. The van der Waals surface area contributed by atoms with Crippen LogP contribution in [0.1, 0.15) is 11.1 Å². The average Bonchev–Trinajstić information content (AvgIpc) is 2.75. The molecule has 7 nitrogen and oxygen atoms in total. The Morgan fingerprint density at radius 3 is 1.79 bits per heavy atom. The summed E-state index contributed by atoms with van der Waals surface area (Å²) in [6, 6.07) is 12.1. The Kier molecular flexibility index (Phi) is 7.42. The van der Waals surface area contributed by atoms with E-state index >= 15 is 0 Å². The number of aliphatic carboxylic acids is 1. The molecule has 0 saturated carbocycles. The Labute approximate surface area is 168 Å². The van der Waals surface area contributed by atoms with Crippen molar-refractivity contribution in [3.63, 3.8) is 0 Å². The van der Waals surface area contributed by atoms with Crippen molar-refractivity contribution in [1.82, 2.24) is 0 Å². The van der Waals surface area contributed by atoms with E-state index in [4.69, 9.17) is 18.9 Å². The molecule has 0 spiro atoms. The van der Waals surface area contributed by atoms with Gasteiger partial charge in [-0.2, -0.15) is 0 Å². The van der Waals surface area contributed by atoms with Crippen molar-refractivity contribution in [3.8, 4) is 17.2 Å². The molecule has 0 fully saturated rings. The Hall–Kier alpha value is -3.74. The van der Waals surface area contributed by atoms with Gasteiger partial charge in [-0.1, -0.05) is 30.3 Å². The van der Waals surface area contributed by atoms with E-state index in [2.05, 4.69) is 0 Å². The van der Waals surface area contributed by atoms with Crippen LogP contribution in [0.4, 0.5) is 0 Å². The van der Waals surface area contributed by atoms with Crippen LogP contribution in [0.25, 0.3) is 12.2 Å². The SMILES string of the molecule is COC(=O)C(=C/c1ccccc1)/C(=C/c1cc(OC)c(OC)c(OC)c1)C(=O)O. The molecule has 0 saturated heterocycles. The number of rotatable bonds is 8. The minimum absolute atomic E-state index is 0.0973. The number of ether oxygens (including phenoxy) is 4. The van der Waals surface area contributed by atoms with Crippen LogP contribution in [0, 0.1) is 0 Å². The van der Waals surface area contributed by atoms with Crippen LogP contribution in [0.3, 0.4) is 0 Å². The first-order chi connectivity index (χ1) is 13.9. The highest BCUT2D eigenvalue weighted by Gasteiger charge is 2.22. The molecule has 7 heteroatoms. The largest absolute Gasteiger partial charge is 0.493 e. The van der Waals surface area contributed by atoms with E-state index in [0.29, 0.717) is 28.4 Å². The summed E-state index contributed by atoms with van der Waals surface area (Å²) in [5.74, 6) is -0.970. The van der Waals surface area contributed by atoms with Gasteiger partial charge in [0.25, 0.3) is 0 Å². The lowest BCUT2D eigenvalue weighted by atomic mass is 10.00. The molecule has 2 aromatic carbocycles. The summed E-state index contributed by atoms with van der Waals surface area (Å²) in [5, 5.41) is 9.78. The van der Waals surface area contributed by atoms with Crippen molar-refractivity contribution in [3.05, 3.63) is 64.7 Å². The Balaban J connectivity index is 2.67. The smallest absolute Gasteiger partial charge is 0.338 e. The molecule has 1 N–H and O–H groups in total. The van der Waals surface area contributed by atoms with E-state index in [1.165, 1.54) is 40.6 Å². The number of carboxylic acid groups (broad SMARTS) is 1. The fraction of sp³-hybridized carbons (Fsp3) is 0.182. The predicted octanol–water partition coefficient (Wildman–Crippen LogP) is 3.44. The van der Waals surface area contributed by atoms with Crippen molar-refractivity contribution >= 4 is 24.1 Å². The van der Waals surface area contributed by atoms with Crippen molar-refractivity contribution in [2.45, 2.75) is 0 Å². The average molecular weight is 398 g/mol. The van der Waals surface area contributed by atoms with Crippen LogP contribution in [-0.2, 0) is 14.3 Å². The van der Waals surface area contributed by atoms with E-state index in [9.17, 15) is 14.7 Å². The molecule has 0 aliphatic rings. The zero-order valence-corrected chi connectivity index (χ0v) is 16.6. The van der Waals surface area contributed by atoms with Crippen LogP contribution in [-0.4, -0.2) is 45.5 Å². The van der Waals surface area contributed by atoms with Gasteiger partial charge in [0.15, 0.2) is 11.5 Å². The monoisotopic (exact) mass is 398 g/mol. The van der Waals surface area contributed by atoms with Gasteiger partial charge < -0.3 is 24.1 Å². The molecule has 2 rings (SSSR count). The summed E-state index contributed by atoms with van der Waals surface area (Å²) in [6.07, 6.45) is 2.81. The lowest BCUT2D eigenvalue weighted by molar-refractivity contribution is -0.138. The zero-order valence-electron chi connectivity index (χ0n) is 16.6. The minimum atomic E-state index is -1.29. The van der Waals surface area contributed by atoms with Crippen molar-refractivity contribution in [1.29, 1.82) is 0 Å². The second kappa shape index (κ2) is 9.98. The van der Waals surface area contributed by atoms with Gasteiger partial charge in [0.05, 0.1) is 39.6 Å². The number of hydrogen-bond donors (Lipinski definition) is 1. The molecular weight excluding hydrogens is 376 g/mol. The fourth-order valence-corrected chi connectivity index (χ4v) is 2.68. The molecule has 152 valence electrons. The van der Waals surface area contributed by atoms with Gasteiger partial charge >= 0.3 is 11.9 Å². The highest BCUT2D eigenvalue weighted by atomic mass is 16.5. The third-order valence-electron chi connectivity index (χ3n) is 4.03. The topological polar surface area (TPSA) is 91.3 Å². The number of esters is 1. The second-order valence-electron chi connectivity index (χ2n) is 5.78. The van der Waals surface area contributed by atoms with Gasteiger partial charge in [0, 0.05) is 0 Å². The first-order valence-electron chi connectivity index (χ1n) is 8.55. The van der Waals surface area contributed by atoms with Gasteiger partial charge in [-0.05, 0) is 35.4 Å². The first kappa shape index (κ1) is 21.6. The summed E-state index contributed by atoms with van der Waals surface area (Å²) in [6.45, 7) is 0. The second-order valence-corrected chi connectivity index (χ2v) is 5.78. The third-order valence-corrected chi connectivity index (χ3v) is 4.03. The molecule has 0 unspecified atom stereocenters. The van der Waals surface area contributed by atoms with Crippen molar-refractivity contribution in [2.24, 2.45) is 0 Å². The molecule has 0 heterocycles. The van der Waals surface area contributed by atoms with Crippen molar-refractivity contribution < 1.29 is 33.6 Å². The number of carboxylic acids is 1. The van der Waals surface area contributed by atoms with Gasteiger partial charge in [-0.25, -0.2) is 9.59 Å². The Morgan fingerprint density at radius 2 is 1.34 bits per heavy atom. The van der Waals surface area contributed by atoms with Crippen LogP contribution in [0.5, 0.6) is 17.2 Å². The van der Waals surface area contributed by atoms with Crippen LogP contribution >= 0.6 is 0 Å². The maximum absolute atomic E-state index is 12.3. The molecule has 0 radical (unpaired) electrons. The van der Waals surface area contributed by atoms with Gasteiger partial charge in [-0.3, -0.25) is 0 Å². The van der Waals surface area contributed by atoms with Crippen LogP contribution in [0.2, 0.25) is 0 Å². The summed E-state index contributed by atoms with van der Waals surface area (Å²) in [4.78, 5) is 24.3. The number of carbonyl (C=O) groups is 2. The first-order valence-corrected chi connectivity index (χ1v) is 8.55. The predicted molar refractivity (Wildman–Crippen MR) is 108 cm³/mol. The number of carbonyl (C=O) groups excluding carboxylic acids is 1.